The average molecular weight is 436 g/mol. The van der Waals surface area contributed by atoms with Crippen LogP contribution in [0.5, 0.6) is 0 Å². The number of hydrogen-bond acceptors (Lipinski definition) is 4. The van der Waals surface area contributed by atoms with Crippen molar-refractivity contribution < 1.29 is 14.0 Å². The average Bonchev–Trinajstić information content (AvgIpc) is 2.69. The molecule has 29 heavy (non-hydrogen) atoms. The predicted octanol–water partition coefficient (Wildman–Crippen LogP) is 3.43. The number of carbonyl (C=O) groups is 2. The third-order valence-corrected chi connectivity index (χ3v) is 6.26. The number of rotatable bonds is 7. The Kier molecular flexibility index (Phi) is 7.52. The summed E-state index contributed by atoms with van der Waals surface area (Å²) in [5.74, 6) is -0.707. The van der Waals surface area contributed by atoms with E-state index in [1.165, 1.54) is 17.8 Å². The first-order valence-corrected chi connectivity index (χ1v) is 10.8. The molecule has 3 unspecified atom stereocenters. The highest BCUT2D eigenvalue weighted by molar-refractivity contribution is 7.99. The minimum Gasteiger partial charge on any atom is -0.352 e. The molecule has 2 aromatic rings. The van der Waals surface area contributed by atoms with Gasteiger partial charge in [-0.05, 0) is 30.2 Å². The molecule has 1 saturated heterocycles. The van der Waals surface area contributed by atoms with Crippen LogP contribution in [0.15, 0.2) is 48.5 Å². The van der Waals surface area contributed by atoms with Crippen LogP contribution in [0.1, 0.15) is 24.5 Å². The Balaban J connectivity index is 1.48. The van der Waals surface area contributed by atoms with Crippen molar-refractivity contribution in [3.8, 4) is 0 Å². The second kappa shape index (κ2) is 10.1. The highest BCUT2D eigenvalue weighted by atomic mass is 35.5. The molecule has 0 aliphatic carbocycles. The van der Waals surface area contributed by atoms with E-state index < -0.39 is 5.92 Å². The van der Waals surface area contributed by atoms with Gasteiger partial charge in [0.25, 0.3) is 0 Å². The minimum absolute atomic E-state index is 0.0785. The third-order valence-electron chi connectivity index (χ3n) is 4.83. The largest absolute Gasteiger partial charge is 0.352 e. The van der Waals surface area contributed by atoms with Gasteiger partial charge in [0.2, 0.25) is 11.8 Å². The lowest BCUT2D eigenvalue weighted by atomic mass is 9.94. The van der Waals surface area contributed by atoms with E-state index in [1.54, 1.807) is 24.3 Å². The van der Waals surface area contributed by atoms with Crippen molar-refractivity contribution in [3.63, 3.8) is 0 Å². The smallest absolute Gasteiger partial charge is 0.227 e. The monoisotopic (exact) mass is 435 g/mol. The quantitative estimate of drug-likeness (QED) is 0.623. The van der Waals surface area contributed by atoms with Crippen LogP contribution in [0.4, 0.5) is 4.39 Å². The molecule has 0 bridgehead atoms. The van der Waals surface area contributed by atoms with E-state index >= 15 is 0 Å². The van der Waals surface area contributed by atoms with Crippen molar-refractivity contribution >= 4 is 35.2 Å². The molecule has 3 rings (SSSR count). The summed E-state index contributed by atoms with van der Waals surface area (Å²) in [5.41, 5.74) is 1.08. The number of halogens is 2. The molecule has 3 N–H and O–H groups in total. The van der Waals surface area contributed by atoms with E-state index in [0.717, 1.165) is 5.56 Å². The number of hydrogen-bond donors (Lipinski definition) is 3. The Morgan fingerprint density at radius 3 is 2.55 bits per heavy atom. The molecule has 1 aliphatic heterocycles. The molecular weight excluding hydrogens is 413 g/mol. The molecule has 0 spiro atoms. The fourth-order valence-electron chi connectivity index (χ4n) is 3.12. The van der Waals surface area contributed by atoms with E-state index in [4.69, 9.17) is 11.6 Å². The molecule has 2 amide bonds. The van der Waals surface area contributed by atoms with Crippen molar-refractivity contribution in [3.05, 3.63) is 70.5 Å². The van der Waals surface area contributed by atoms with Gasteiger partial charge in [-0.1, -0.05) is 48.0 Å². The molecule has 3 atom stereocenters. The third kappa shape index (κ3) is 5.95. The molecule has 154 valence electrons. The van der Waals surface area contributed by atoms with Crippen molar-refractivity contribution in [2.45, 2.75) is 37.2 Å². The predicted molar refractivity (Wildman–Crippen MR) is 114 cm³/mol. The lowest BCUT2D eigenvalue weighted by Gasteiger charge is -2.35. The highest BCUT2D eigenvalue weighted by Crippen LogP contribution is 2.23. The Morgan fingerprint density at radius 2 is 1.86 bits per heavy atom. The summed E-state index contributed by atoms with van der Waals surface area (Å²) in [4.78, 5) is 24.8. The highest BCUT2D eigenvalue weighted by Gasteiger charge is 2.35. The number of thioether (sulfide) groups is 1. The lowest BCUT2D eigenvalue weighted by Crippen LogP contribution is -2.59. The van der Waals surface area contributed by atoms with Gasteiger partial charge in [0, 0.05) is 29.8 Å². The van der Waals surface area contributed by atoms with E-state index in [2.05, 4.69) is 16.0 Å². The van der Waals surface area contributed by atoms with Crippen molar-refractivity contribution in [2.24, 2.45) is 5.92 Å². The lowest BCUT2D eigenvalue weighted by molar-refractivity contribution is -0.133. The van der Waals surface area contributed by atoms with E-state index in [1.807, 2.05) is 25.1 Å². The number of nitrogens with one attached hydrogen (secondary N) is 3. The van der Waals surface area contributed by atoms with Crippen molar-refractivity contribution in [2.75, 3.05) is 0 Å². The SMILES string of the molecule is CC1NC(SCc2ccccc2F)NC(=O)C1CC(=O)NCc1ccccc1Cl. The first kappa shape index (κ1) is 21.6. The van der Waals surface area contributed by atoms with Gasteiger partial charge in [-0.15, -0.1) is 11.8 Å². The Bertz CT molecular complexity index is 883. The second-order valence-corrected chi connectivity index (χ2v) is 8.43. The van der Waals surface area contributed by atoms with Crippen molar-refractivity contribution in [1.29, 1.82) is 0 Å². The molecular formula is C21H23ClFN3O2S. The number of benzene rings is 2. The molecule has 8 heteroatoms. The minimum atomic E-state index is -0.480. The van der Waals surface area contributed by atoms with Gasteiger partial charge < -0.3 is 10.6 Å². The summed E-state index contributed by atoms with van der Waals surface area (Å²) in [6.45, 7) is 2.19. The molecule has 1 aliphatic rings. The van der Waals surface area contributed by atoms with Crippen LogP contribution >= 0.6 is 23.4 Å². The molecule has 1 fully saturated rings. The maximum atomic E-state index is 13.7. The normalized spacial score (nSPS) is 21.5. The summed E-state index contributed by atoms with van der Waals surface area (Å²) in [6, 6.07) is 13.7. The van der Waals surface area contributed by atoms with Crippen LogP contribution in [-0.4, -0.2) is 23.4 Å². The van der Waals surface area contributed by atoms with Gasteiger partial charge in [0.15, 0.2) is 0 Å². The van der Waals surface area contributed by atoms with Crippen LogP contribution in [0.25, 0.3) is 0 Å². The van der Waals surface area contributed by atoms with Gasteiger partial charge >= 0.3 is 0 Å². The number of carbonyl (C=O) groups excluding carboxylic acids is 2. The van der Waals surface area contributed by atoms with Gasteiger partial charge in [0.1, 0.15) is 11.3 Å². The van der Waals surface area contributed by atoms with Crippen molar-refractivity contribution in [1.82, 2.24) is 16.0 Å². The summed E-state index contributed by atoms with van der Waals surface area (Å²) in [6.07, 6.45) is 0.0785. The van der Waals surface area contributed by atoms with Crippen LogP contribution in [0.2, 0.25) is 5.02 Å². The van der Waals surface area contributed by atoms with Crippen LogP contribution < -0.4 is 16.0 Å². The van der Waals surface area contributed by atoms with E-state index in [9.17, 15) is 14.0 Å². The Morgan fingerprint density at radius 1 is 1.17 bits per heavy atom. The summed E-state index contributed by atoms with van der Waals surface area (Å²) in [5, 5.41) is 9.55. The van der Waals surface area contributed by atoms with Gasteiger partial charge in [-0.25, -0.2) is 4.39 Å². The number of amides is 2. The molecule has 0 aromatic heterocycles. The first-order valence-electron chi connectivity index (χ1n) is 9.35. The Hall–Kier alpha value is -2.09. The van der Waals surface area contributed by atoms with E-state index in [-0.39, 0.29) is 35.6 Å². The fourth-order valence-corrected chi connectivity index (χ4v) is 4.41. The van der Waals surface area contributed by atoms with Crippen LogP contribution in [0, 0.1) is 11.7 Å². The van der Waals surface area contributed by atoms with Gasteiger partial charge in [0.05, 0.1) is 5.92 Å². The Labute approximate surface area is 178 Å². The summed E-state index contributed by atoms with van der Waals surface area (Å²) in [7, 11) is 0. The first-order chi connectivity index (χ1) is 13.9. The topological polar surface area (TPSA) is 70.2 Å². The maximum absolute atomic E-state index is 13.7. The molecule has 0 radical (unpaired) electrons. The van der Waals surface area contributed by atoms with E-state index in [0.29, 0.717) is 22.9 Å². The molecule has 1 heterocycles. The van der Waals surface area contributed by atoms with Crippen LogP contribution in [0.3, 0.4) is 0 Å². The molecule has 2 aromatic carbocycles. The summed E-state index contributed by atoms with van der Waals surface area (Å²) >= 11 is 7.50. The zero-order valence-corrected chi connectivity index (χ0v) is 17.5. The molecule has 0 saturated carbocycles. The maximum Gasteiger partial charge on any atom is 0.227 e. The van der Waals surface area contributed by atoms with Gasteiger partial charge in [-0.3, -0.25) is 14.9 Å². The zero-order chi connectivity index (χ0) is 20.8. The molecule has 5 nitrogen and oxygen atoms in total. The second-order valence-electron chi connectivity index (χ2n) is 6.93. The van der Waals surface area contributed by atoms with Gasteiger partial charge in [-0.2, -0.15) is 0 Å². The van der Waals surface area contributed by atoms with Crippen LogP contribution in [-0.2, 0) is 21.9 Å². The zero-order valence-electron chi connectivity index (χ0n) is 16.0. The summed E-state index contributed by atoms with van der Waals surface area (Å²) < 4.78 is 13.7. The fraction of sp³-hybridized carbons (Fsp3) is 0.333. The standard InChI is InChI=1S/C21H23ClFN3O2S/c1-13-16(10-19(27)24-11-14-6-2-4-8-17(14)22)20(28)26-21(25-13)29-12-15-7-3-5-9-18(15)23/h2-9,13,16,21,25H,10-12H2,1H3,(H,24,27)(H,26,28).